The fraction of sp³-hybridized carbons (Fsp3) is 1.00. The van der Waals surface area contributed by atoms with E-state index < -0.39 is 0 Å². The molecule has 96 valence electrons. The van der Waals surface area contributed by atoms with Crippen LogP contribution >= 0.6 is 0 Å². The van der Waals surface area contributed by atoms with E-state index >= 15 is 0 Å². The minimum Gasteiger partial charge on any atom is -0.293 e. The maximum Gasteiger partial charge on any atom is 0.142 e. The molecule has 0 aromatic heterocycles. The number of unbranched alkanes of at least 4 members (excludes halogenated alkanes) is 7. The predicted octanol–water partition coefficient (Wildman–Crippen LogP) is 4.22. The van der Waals surface area contributed by atoms with Gasteiger partial charge in [-0.1, -0.05) is 64.0 Å². The van der Waals surface area contributed by atoms with Gasteiger partial charge in [0.05, 0.1) is 0 Å². The molecule has 1 unspecified atom stereocenters. The Kier molecular flexibility index (Phi) is 12.3. The van der Waals surface area contributed by atoms with Crippen molar-refractivity contribution in [2.75, 3.05) is 6.54 Å². The zero-order chi connectivity index (χ0) is 12.1. The average molecular weight is 228 g/mol. The van der Waals surface area contributed by atoms with Crippen LogP contribution in [0.5, 0.6) is 0 Å². The molecule has 0 rings (SSSR count). The summed E-state index contributed by atoms with van der Waals surface area (Å²) in [5.41, 5.74) is 0. The minimum absolute atomic E-state index is 0.176. The first kappa shape index (κ1) is 15.6. The molecule has 0 aromatic carbocycles. The molecule has 0 saturated carbocycles. The molecule has 16 heavy (non-hydrogen) atoms. The first-order valence-electron chi connectivity index (χ1n) is 6.91. The summed E-state index contributed by atoms with van der Waals surface area (Å²) in [5, 5.41) is 6.16. The van der Waals surface area contributed by atoms with Crippen molar-refractivity contribution in [3.05, 3.63) is 4.91 Å². The Bertz CT molecular complexity index is 151. The van der Waals surface area contributed by atoms with E-state index in [1.807, 2.05) is 6.92 Å². The van der Waals surface area contributed by atoms with Crippen molar-refractivity contribution in [1.29, 1.82) is 0 Å². The quantitative estimate of drug-likeness (QED) is 0.401. The molecule has 0 fully saturated rings. The molecule has 0 amide bonds. The van der Waals surface area contributed by atoms with Crippen LogP contribution in [0.2, 0.25) is 0 Å². The molecule has 3 heteroatoms. The van der Waals surface area contributed by atoms with Crippen molar-refractivity contribution in [2.24, 2.45) is 5.18 Å². The first-order valence-corrected chi connectivity index (χ1v) is 6.91. The van der Waals surface area contributed by atoms with E-state index in [1.165, 1.54) is 51.4 Å². The molecule has 0 radical (unpaired) electrons. The van der Waals surface area contributed by atoms with Crippen LogP contribution in [0.1, 0.15) is 71.6 Å². The van der Waals surface area contributed by atoms with Crippen LogP contribution < -0.4 is 5.32 Å². The van der Waals surface area contributed by atoms with Crippen LogP contribution in [0.25, 0.3) is 0 Å². The Hall–Kier alpha value is -0.440. The summed E-state index contributed by atoms with van der Waals surface area (Å²) in [6, 6.07) is 0. The van der Waals surface area contributed by atoms with Crippen LogP contribution in [0.4, 0.5) is 0 Å². The standard InChI is InChI=1S/C13H28N2O/c1-3-5-6-7-8-9-10-11-12-14-13(4-2)15-16/h13-14H,3-12H2,1-2H3. The molecule has 0 bridgehead atoms. The van der Waals surface area contributed by atoms with Gasteiger partial charge in [-0.3, -0.25) is 5.32 Å². The highest BCUT2D eigenvalue weighted by atomic mass is 16.3. The lowest BCUT2D eigenvalue weighted by Crippen LogP contribution is -2.26. The molecule has 0 saturated heterocycles. The summed E-state index contributed by atoms with van der Waals surface area (Å²) >= 11 is 0. The largest absolute Gasteiger partial charge is 0.293 e. The number of hydrogen-bond donors (Lipinski definition) is 1. The Morgan fingerprint density at radius 1 is 0.938 bits per heavy atom. The lowest BCUT2D eigenvalue weighted by Gasteiger charge is -2.08. The molecule has 3 nitrogen and oxygen atoms in total. The molecule has 0 spiro atoms. The van der Waals surface area contributed by atoms with Gasteiger partial charge in [-0.25, -0.2) is 0 Å². The second kappa shape index (κ2) is 12.6. The van der Waals surface area contributed by atoms with Crippen LogP contribution in [-0.2, 0) is 0 Å². The molecule has 0 aliphatic carbocycles. The van der Waals surface area contributed by atoms with Crippen LogP contribution in [0.3, 0.4) is 0 Å². The Morgan fingerprint density at radius 2 is 1.50 bits per heavy atom. The van der Waals surface area contributed by atoms with Gasteiger partial charge in [-0.15, -0.1) is 4.91 Å². The monoisotopic (exact) mass is 228 g/mol. The molecule has 0 aliphatic rings. The fourth-order valence-electron chi connectivity index (χ4n) is 1.78. The number of nitrogens with zero attached hydrogens (tertiary/aromatic N) is 1. The third-order valence-corrected chi connectivity index (χ3v) is 2.92. The highest BCUT2D eigenvalue weighted by molar-refractivity contribution is 4.60. The maximum atomic E-state index is 10.3. The van der Waals surface area contributed by atoms with Gasteiger partial charge >= 0.3 is 0 Å². The van der Waals surface area contributed by atoms with E-state index in [4.69, 9.17) is 0 Å². The van der Waals surface area contributed by atoms with E-state index in [2.05, 4.69) is 17.4 Å². The lowest BCUT2D eigenvalue weighted by molar-refractivity contribution is 0.487. The second-order valence-electron chi connectivity index (χ2n) is 4.46. The summed E-state index contributed by atoms with van der Waals surface area (Å²) in [6.07, 6.45) is 11.2. The summed E-state index contributed by atoms with van der Waals surface area (Å²) < 4.78 is 0. The molecule has 0 aliphatic heterocycles. The van der Waals surface area contributed by atoms with E-state index in [0.717, 1.165) is 13.0 Å². The lowest BCUT2D eigenvalue weighted by atomic mass is 10.1. The average Bonchev–Trinajstić information content (AvgIpc) is 2.32. The van der Waals surface area contributed by atoms with Gasteiger partial charge in [0, 0.05) is 0 Å². The Balaban J connectivity index is 3.06. The van der Waals surface area contributed by atoms with Crippen LogP contribution in [-0.4, -0.2) is 12.7 Å². The maximum absolute atomic E-state index is 10.3. The van der Waals surface area contributed by atoms with Gasteiger partial charge < -0.3 is 0 Å². The third-order valence-electron chi connectivity index (χ3n) is 2.92. The van der Waals surface area contributed by atoms with Crippen molar-refractivity contribution in [1.82, 2.24) is 5.32 Å². The number of rotatable bonds is 12. The molecular weight excluding hydrogens is 200 g/mol. The second-order valence-corrected chi connectivity index (χ2v) is 4.46. The zero-order valence-corrected chi connectivity index (χ0v) is 11.0. The van der Waals surface area contributed by atoms with Crippen LogP contribution in [0, 0.1) is 4.91 Å². The normalized spacial score (nSPS) is 12.6. The number of hydrogen-bond acceptors (Lipinski definition) is 3. The highest BCUT2D eigenvalue weighted by Crippen LogP contribution is 2.08. The first-order chi connectivity index (χ1) is 7.85. The molecule has 1 N–H and O–H groups in total. The van der Waals surface area contributed by atoms with Crippen molar-refractivity contribution in [3.8, 4) is 0 Å². The van der Waals surface area contributed by atoms with E-state index in [1.54, 1.807) is 0 Å². The van der Waals surface area contributed by atoms with Gasteiger partial charge in [-0.05, 0) is 19.4 Å². The van der Waals surface area contributed by atoms with Gasteiger partial charge in [0.1, 0.15) is 6.17 Å². The van der Waals surface area contributed by atoms with E-state index in [0.29, 0.717) is 0 Å². The third kappa shape index (κ3) is 10.1. The predicted molar refractivity (Wildman–Crippen MR) is 70.5 cm³/mol. The van der Waals surface area contributed by atoms with Gasteiger partial charge in [0.15, 0.2) is 0 Å². The smallest absolute Gasteiger partial charge is 0.142 e. The van der Waals surface area contributed by atoms with E-state index in [-0.39, 0.29) is 6.17 Å². The molecule has 0 aromatic rings. The summed E-state index contributed by atoms with van der Waals surface area (Å²) in [4.78, 5) is 10.3. The van der Waals surface area contributed by atoms with Crippen LogP contribution in [0.15, 0.2) is 5.18 Å². The van der Waals surface area contributed by atoms with Crippen molar-refractivity contribution < 1.29 is 0 Å². The summed E-state index contributed by atoms with van der Waals surface area (Å²) in [6.45, 7) is 5.16. The van der Waals surface area contributed by atoms with Gasteiger partial charge in [-0.2, -0.15) is 0 Å². The van der Waals surface area contributed by atoms with Crippen molar-refractivity contribution in [2.45, 2.75) is 77.8 Å². The SMILES string of the molecule is CCCCCCCCCCNC(CC)N=O. The Morgan fingerprint density at radius 3 is 2.00 bits per heavy atom. The number of nitrogens with one attached hydrogen (secondary N) is 1. The number of nitroso groups, excluding NO2 is 1. The van der Waals surface area contributed by atoms with E-state index in [9.17, 15) is 4.91 Å². The molecule has 0 heterocycles. The summed E-state index contributed by atoms with van der Waals surface area (Å²) in [5.74, 6) is 0. The summed E-state index contributed by atoms with van der Waals surface area (Å²) in [7, 11) is 0. The zero-order valence-electron chi connectivity index (χ0n) is 11.0. The highest BCUT2D eigenvalue weighted by Gasteiger charge is 2.02. The van der Waals surface area contributed by atoms with Gasteiger partial charge in [0.2, 0.25) is 0 Å². The topological polar surface area (TPSA) is 41.5 Å². The van der Waals surface area contributed by atoms with Crippen molar-refractivity contribution >= 4 is 0 Å². The Labute approximate surface area is 100 Å². The molecular formula is C13H28N2O. The fourth-order valence-corrected chi connectivity index (χ4v) is 1.78. The molecule has 1 atom stereocenters. The van der Waals surface area contributed by atoms with Crippen molar-refractivity contribution in [3.63, 3.8) is 0 Å². The minimum atomic E-state index is -0.176. The van der Waals surface area contributed by atoms with Gasteiger partial charge in [0.25, 0.3) is 0 Å².